The Balaban J connectivity index is 1.55. The molecule has 0 aliphatic carbocycles. The normalized spacial score (nSPS) is 16.8. The predicted molar refractivity (Wildman–Crippen MR) is 124 cm³/mol. The lowest BCUT2D eigenvalue weighted by molar-refractivity contribution is -0.134. The van der Waals surface area contributed by atoms with Gasteiger partial charge >= 0.3 is 5.97 Å². The molecule has 3 heterocycles. The zero-order valence-corrected chi connectivity index (χ0v) is 20.5. The average Bonchev–Trinajstić information content (AvgIpc) is 3.23. The number of benzene rings is 1. The van der Waals surface area contributed by atoms with Crippen molar-refractivity contribution < 1.29 is 27.5 Å². The molecular weight excluding hydrogens is 464 g/mol. The first kappa shape index (κ1) is 23.7. The summed E-state index contributed by atoms with van der Waals surface area (Å²) in [5.41, 5.74) is 1.91. The van der Waals surface area contributed by atoms with Crippen molar-refractivity contribution in [2.45, 2.75) is 43.4 Å². The van der Waals surface area contributed by atoms with E-state index >= 15 is 0 Å². The van der Waals surface area contributed by atoms with Gasteiger partial charge in [-0.1, -0.05) is 24.1 Å². The highest BCUT2D eigenvalue weighted by Gasteiger charge is 2.37. The van der Waals surface area contributed by atoms with Crippen molar-refractivity contribution in [3.63, 3.8) is 0 Å². The van der Waals surface area contributed by atoms with Crippen LogP contribution in [0.1, 0.15) is 45.6 Å². The highest BCUT2D eigenvalue weighted by Crippen LogP contribution is 2.38. The van der Waals surface area contributed by atoms with Crippen LogP contribution in [-0.4, -0.2) is 62.9 Å². The first-order valence-electron chi connectivity index (χ1n) is 11.0. The second-order valence-electron chi connectivity index (χ2n) is 8.29. The monoisotopic (exact) mass is 492 g/mol. The van der Waals surface area contributed by atoms with E-state index in [9.17, 15) is 18.0 Å². The van der Waals surface area contributed by atoms with E-state index in [1.807, 2.05) is 31.2 Å². The lowest BCUT2D eigenvalue weighted by Gasteiger charge is -2.27. The Morgan fingerprint density at radius 3 is 2.42 bits per heavy atom. The Kier molecular flexibility index (Phi) is 7.06. The molecule has 2 aliphatic rings. The fourth-order valence-electron chi connectivity index (χ4n) is 4.17. The second kappa shape index (κ2) is 9.82. The average molecular weight is 493 g/mol. The number of fused-ring (bicyclic) bond motifs is 1. The maximum absolute atomic E-state index is 13.4. The first-order valence-corrected chi connectivity index (χ1v) is 13.3. The summed E-state index contributed by atoms with van der Waals surface area (Å²) in [7, 11) is -2.55. The van der Waals surface area contributed by atoms with Gasteiger partial charge in [-0.3, -0.25) is 4.79 Å². The summed E-state index contributed by atoms with van der Waals surface area (Å²) >= 11 is 1.08. The Labute approximate surface area is 198 Å². The van der Waals surface area contributed by atoms with Crippen LogP contribution in [0.3, 0.4) is 0 Å². The molecule has 8 nitrogen and oxygen atoms in total. The third-order valence-electron chi connectivity index (χ3n) is 6.04. The maximum Gasteiger partial charge on any atom is 0.340 e. The van der Waals surface area contributed by atoms with Crippen LogP contribution < -0.4 is 4.74 Å². The van der Waals surface area contributed by atoms with Crippen LogP contribution >= 0.6 is 11.3 Å². The van der Waals surface area contributed by atoms with Crippen LogP contribution in [0.5, 0.6) is 5.75 Å². The van der Waals surface area contributed by atoms with Crippen LogP contribution in [0, 0.1) is 6.92 Å². The van der Waals surface area contributed by atoms with Crippen LogP contribution in [0.15, 0.2) is 28.5 Å². The van der Waals surface area contributed by atoms with Gasteiger partial charge in [0, 0.05) is 24.5 Å². The molecule has 1 saturated heterocycles. The summed E-state index contributed by atoms with van der Waals surface area (Å²) in [6.07, 6.45) is 3.00. The molecule has 4 rings (SSSR count). The Bertz CT molecular complexity index is 1130. The van der Waals surface area contributed by atoms with E-state index in [1.54, 1.807) is 4.90 Å². The van der Waals surface area contributed by atoms with Crippen molar-refractivity contribution in [1.29, 1.82) is 0 Å². The van der Waals surface area contributed by atoms with Gasteiger partial charge in [0.2, 0.25) is 0 Å². The molecule has 0 unspecified atom stereocenters. The van der Waals surface area contributed by atoms with Crippen molar-refractivity contribution >= 4 is 33.2 Å². The number of sulfonamides is 1. The predicted octanol–water partition coefficient (Wildman–Crippen LogP) is 2.98. The molecule has 1 aromatic carbocycles. The Morgan fingerprint density at radius 2 is 1.76 bits per heavy atom. The number of thiophene rings is 1. The van der Waals surface area contributed by atoms with Crippen LogP contribution in [0.2, 0.25) is 0 Å². The number of aryl methyl sites for hydroxylation is 1. The molecule has 33 heavy (non-hydrogen) atoms. The van der Waals surface area contributed by atoms with E-state index < -0.39 is 16.0 Å². The molecule has 0 atom stereocenters. The summed E-state index contributed by atoms with van der Waals surface area (Å²) in [6.45, 7) is 3.40. The number of rotatable bonds is 6. The van der Waals surface area contributed by atoms with Gasteiger partial charge in [0.25, 0.3) is 15.9 Å². The molecule has 2 aromatic rings. The van der Waals surface area contributed by atoms with Crippen LogP contribution in [0.25, 0.3) is 0 Å². The van der Waals surface area contributed by atoms with Crippen molar-refractivity contribution in [3.8, 4) is 5.75 Å². The SMILES string of the molecule is COC(=O)c1c(S(=O)(=O)N2CCCCC2)sc2c1CCN(C(=O)COc1ccc(C)cc1)C2. The van der Waals surface area contributed by atoms with Gasteiger partial charge in [-0.15, -0.1) is 11.3 Å². The van der Waals surface area contributed by atoms with E-state index in [0.29, 0.717) is 42.2 Å². The van der Waals surface area contributed by atoms with Crippen LogP contribution in [0.4, 0.5) is 0 Å². The van der Waals surface area contributed by atoms with Gasteiger partial charge in [-0.25, -0.2) is 13.2 Å². The minimum absolute atomic E-state index is 0.0338. The number of esters is 1. The lowest BCUT2D eigenvalue weighted by atomic mass is 10.0. The third kappa shape index (κ3) is 4.92. The number of nitrogens with zero attached hydrogens (tertiary/aromatic N) is 2. The fourth-order valence-corrected chi connectivity index (χ4v) is 7.73. The minimum Gasteiger partial charge on any atom is -0.484 e. The van der Waals surface area contributed by atoms with E-state index in [0.717, 1.165) is 36.2 Å². The molecule has 1 fully saturated rings. The molecule has 2 aliphatic heterocycles. The quantitative estimate of drug-likeness (QED) is 0.576. The molecule has 0 bridgehead atoms. The van der Waals surface area contributed by atoms with Gasteiger partial charge in [-0.2, -0.15) is 4.31 Å². The number of hydrogen-bond donors (Lipinski definition) is 0. The number of piperidine rings is 1. The molecule has 0 saturated carbocycles. The van der Waals surface area contributed by atoms with E-state index in [2.05, 4.69) is 0 Å². The molecule has 1 amide bonds. The lowest BCUT2D eigenvalue weighted by Crippen LogP contribution is -2.38. The maximum atomic E-state index is 13.4. The van der Waals surface area contributed by atoms with Crippen LogP contribution in [-0.2, 0) is 32.5 Å². The zero-order chi connectivity index (χ0) is 23.6. The second-order valence-corrected chi connectivity index (χ2v) is 11.5. The molecule has 10 heteroatoms. The number of methoxy groups -OCH3 is 1. The van der Waals surface area contributed by atoms with Gasteiger partial charge in [-0.05, 0) is 43.9 Å². The molecule has 0 N–H and O–H groups in total. The molecule has 0 radical (unpaired) electrons. The number of carbonyl (C=O) groups excluding carboxylic acids is 2. The summed E-state index contributed by atoms with van der Waals surface area (Å²) in [4.78, 5) is 27.7. The first-order chi connectivity index (χ1) is 15.8. The van der Waals surface area contributed by atoms with Crippen molar-refractivity contribution in [1.82, 2.24) is 9.21 Å². The smallest absolute Gasteiger partial charge is 0.340 e. The third-order valence-corrected chi connectivity index (χ3v) is 9.65. The van der Waals surface area contributed by atoms with E-state index in [-0.39, 0.29) is 28.8 Å². The van der Waals surface area contributed by atoms with Crippen molar-refractivity contribution in [2.75, 3.05) is 33.4 Å². The standard InChI is InChI=1S/C23H28N2O6S2/c1-16-6-8-17(9-7-16)31-15-20(26)24-13-10-18-19(14-24)32-23(21(18)22(27)30-2)33(28,29)25-11-4-3-5-12-25/h6-9H,3-5,10-15H2,1-2H3. The topological polar surface area (TPSA) is 93.2 Å². The van der Waals surface area contributed by atoms with Crippen molar-refractivity contribution in [3.05, 3.63) is 45.8 Å². The number of ether oxygens (including phenoxy) is 2. The number of amides is 1. The molecule has 0 spiro atoms. The summed E-state index contributed by atoms with van der Waals surface area (Å²) in [5.74, 6) is -0.217. The van der Waals surface area contributed by atoms with E-state index in [4.69, 9.17) is 9.47 Å². The summed E-state index contributed by atoms with van der Waals surface area (Å²) in [6, 6.07) is 7.46. The van der Waals surface area contributed by atoms with Gasteiger partial charge in [0.05, 0.1) is 19.2 Å². The number of carbonyl (C=O) groups is 2. The molecule has 1 aromatic heterocycles. The van der Waals surface area contributed by atoms with E-state index in [1.165, 1.54) is 11.4 Å². The fraction of sp³-hybridized carbons (Fsp3) is 0.478. The zero-order valence-electron chi connectivity index (χ0n) is 18.8. The highest BCUT2D eigenvalue weighted by atomic mass is 32.2. The number of hydrogen-bond acceptors (Lipinski definition) is 7. The molecule has 178 valence electrons. The van der Waals surface area contributed by atoms with Gasteiger partial charge < -0.3 is 14.4 Å². The Morgan fingerprint density at radius 1 is 1.06 bits per heavy atom. The summed E-state index contributed by atoms with van der Waals surface area (Å²) < 4.78 is 38.8. The van der Waals surface area contributed by atoms with Crippen molar-refractivity contribution in [2.24, 2.45) is 0 Å². The highest BCUT2D eigenvalue weighted by molar-refractivity contribution is 7.91. The largest absolute Gasteiger partial charge is 0.484 e. The van der Waals surface area contributed by atoms with Gasteiger partial charge in [0.1, 0.15) is 9.96 Å². The summed E-state index contributed by atoms with van der Waals surface area (Å²) in [5, 5.41) is 0. The molecular formula is C23H28N2O6S2. The van der Waals surface area contributed by atoms with Gasteiger partial charge in [0.15, 0.2) is 6.61 Å². The Hall–Kier alpha value is -2.43. The minimum atomic E-state index is -3.81.